The number of phosphoric ester groups is 2. The Bertz CT molecular complexity index is 2430. The highest BCUT2D eigenvalue weighted by Crippen LogP contribution is 2.45. The first-order valence-electron chi connectivity index (χ1n) is 42.8. The number of hydrogen-bond donors (Lipinski definition) is 4. The molecule has 0 amide bonds. The quantitative estimate of drug-likeness (QED) is 0.0146. The maximum Gasteiger partial charge on any atom is 0.472 e. The Morgan fingerprint density at radius 3 is 0.804 bits per heavy atom. The fraction of sp³-hybridized carbons (Fsp3) is 0.742. The second-order valence-electron chi connectivity index (χ2n) is 28.6. The van der Waals surface area contributed by atoms with Crippen LogP contribution in [0.5, 0.6) is 0 Å². The maximum atomic E-state index is 13.0. The number of hydrogen-bond acceptors (Lipinski definition) is 14. The average Bonchev–Trinajstić information content (AvgIpc) is 0.914. The van der Waals surface area contributed by atoms with Crippen molar-refractivity contribution in [3.05, 3.63) is 122 Å². The Labute approximate surface area is 653 Å². The number of rotatable bonds is 81. The predicted octanol–water partition coefficient (Wildman–Crippen LogP) is 25.7. The van der Waals surface area contributed by atoms with Crippen LogP contribution >= 0.6 is 15.6 Å². The molecule has 4 N–H and O–H groups in total. The summed E-state index contributed by atoms with van der Waals surface area (Å²) in [6, 6.07) is 0. The summed E-state index contributed by atoms with van der Waals surface area (Å²) in [5.74, 6) is -1.59. The van der Waals surface area contributed by atoms with Crippen LogP contribution < -0.4 is 0 Å². The molecule has 0 rings (SSSR count). The normalized spacial score (nSPS) is 14.5. The highest BCUT2D eigenvalue weighted by atomic mass is 31.2. The Balaban J connectivity index is 4.40. The number of aliphatic hydroxyl groups excluding tert-OH is 2. The van der Waals surface area contributed by atoms with Crippen LogP contribution in [0.2, 0.25) is 0 Å². The molecule has 0 aliphatic carbocycles. The lowest BCUT2D eigenvalue weighted by Gasteiger charge is -2.21. The van der Waals surface area contributed by atoms with E-state index in [0.717, 1.165) is 128 Å². The number of aliphatic hydroxyl groups is 2. The lowest BCUT2D eigenvalue weighted by Crippen LogP contribution is -2.30. The van der Waals surface area contributed by atoms with Gasteiger partial charge in [0, 0.05) is 19.3 Å². The number of carbonyl (C=O) groups is 3. The van der Waals surface area contributed by atoms with E-state index in [2.05, 4.69) is 142 Å². The molecule has 0 saturated carbocycles. The molecule has 18 heteroatoms. The first-order valence-corrected chi connectivity index (χ1v) is 45.8. The van der Waals surface area contributed by atoms with E-state index in [1.807, 2.05) is 0 Å². The van der Waals surface area contributed by atoms with Gasteiger partial charge >= 0.3 is 33.6 Å². The van der Waals surface area contributed by atoms with Crippen molar-refractivity contribution in [2.45, 2.75) is 386 Å². The molecule has 0 aromatic carbocycles. The molecule has 618 valence electrons. The standard InChI is InChI=1S/C89H156O16P2/c1-4-7-10-13-16-19-22-25-27-29-31-33-35-36-37-38-39-40-41-42-43-44-45-46-48-50-51-53-55-58-60-63-66-69-72-75-87(92)99-78-84(90)79-101-106(95,96)102-80-85(91)81-103-107(97,98)104-83-86(105-89(94)77-74-71-68-65-62-57-24-21-18-15-12-9-6-3)82-100-88(93)76-73-70-67-64-61-59-56-54-52-49-47-34-32-30-28-26-23-20-17-14-11-8-5-2/h8,11,16-17,19-20,25-28,31-34,36-37,49,52,56,59,84-86,90-91H,4-7,9-10,12-15,18,21-24,29-30,35,38-48,50-51,53-55,57-58,60-83H2,1-3H3,(H,95,96)(H,97,98)/b11-8-,19-16-,20-17-,27-25-,28-26-,33-31-,34-32-,37-36-,52-49-,59-56-. The summed E-state index contributed by atoms with van der Waals surface area (Å²) in [5, 5.41) is 20.7. The minimum absolute atomic E-state index is 0.100. The van der Waals surface area contributed by atoms with Crippen molar-refractivity contribution in [3.8, 4) is 0 Å². The third kappa shape index (κ3) is 82.7. The van der Waals surface area contributed by atoms with Gasteiger partial charge < -0.3 is 34.2 Å². The number of unbranched alkanes of at least 4 members (excludes halogenated alkanes) is 38. The highest BCUT2D eigenvalue weighted by Gasteiger charge is 2.29. The molecule has 0 spiro atoms. The molecule has 16 nitrogen and oxygen atoms in total. The second kappa shape index (κ2) is 81.4. The fourth-order valence-electron chi connectivity index (χ4n) is 11.7. The monoisotopic (exact) mass is 1540 g/mol. The van der Waals surface area contributed by atoms with Gasteiger partial charge in [-0.05, 0) is 116 Å². The lowest BCUT2D eigenvalue weighted by atomic mass is 10.0. The first-order chi connectivity index (χ1) is 52.2. The molecule has 5 unspecified atom stereocenters. The van der Waals surface area contributed by atoms with Gasteiger partial charge in [-0.2, -0.15) is 0 Å². The van der Waals surface area contributed by atoms with E-state index in [1.54, 1.807) is 0 Å². The zero-order chi connectivity index (χ0) is 78.0. The maximum absolute atomic E-state index is 13.0. The van der Waals surface area contributed by atoms with Crippen molar-refractivity contribution < 1.29 is 75.8 Å². The largest absolute Gasteiger partial charge is 0.472 e. The smallest absolute Gasteiger partial charge is 0.463 e. The molecule has 0 aliphatic heterocycles. The molecule has 0 radical (unpaired) electrons. The molecule has 0 fully saturated rings. The summed E-state index contributed by atoms with van der Waals surface area (Å²) in [6.07, 6.45) is 98.4. The third-order valence-electron chi connectivity index (χ3n) is 18.2. The Morgan fingerprint density at radius 2 is 0.495 bits per heavy atom. The van der Waals surface area contributed by atoms with Crippen LogP contribution in [0.1, 0.15) is 367 Å². The molecule has 5 atom stereocenters. The number of phosphoric acid groups is 2. The van der Waals surface area contributed by atoms with E-state index >= 15 is 0 Å². The van der Waals surface area contributed by atoms with Crippen LogP contribution in [0, 0.1) is 0 Å². The van der Waals surface area contributed by atoms with E-state index in [4.69, 9.17) is 32.3 Å². The molecule has 0 aliphatic rings. The highest BCUT2D eigenvalue weighted by molar-refractivity contribution is 7.47. The van der Waals surface area contributed by atoms with Crippen molar-refractivity contribution in [1.82, 2.24) is 0 Å². The zero-order valence-corrected chi connectivity index (χ0v) is 69.6. The Morgan fingerprint density at radius 1 is 0.271 bits per heavy atom. The third-order valence-corrected chi connectivity index (χ3v) is 20.1. The van der Waals surface area contributed by atoms with Gasteiger partial charge in [0.15, 0.2) is 6.10 Å². The van der Waals surface area contributed by atoms with Gasteiger partial charge in [-0.25, -0.2) is 9.13 Å². The lowest BCUT2D eigenvalue weighted by molar-refractivity contribution is -0.161. The molecule has 107 heavy (non-hydrogen) atoms. The van der Waals surface area contributed by atoms with E-state index in [-0.39, 0.29) is 19.3 Å². The topological polar surface area (TPSA) is 231 Å². The van der Waals surface area contributed by atoms with Crippen molar-refractivity contribution in [2.75, 3.05) is 39.6 Å². The van der Waals surface area contributed by atoms with E-state index in [0.29, 0.717) is 19.3 Å². The second-order valence-corrected chi connectivity index (χ2v) is 31.5. The van der Waals surface area contributed by atoms with Crippen LogP contribution in [0.4, 0.5) is 0 Å². The number of carbonyl (C=O) groups excluding carboxylic acids is 3. The van der Waals surface area contributed by atoms with Crippen molar-refractivity contribution in [2.24, 2.45) is 0 Å². The summed E-state index contributed by atoms with van der Waals surface area (Å²) in [4.78, 5) is 58.7. The number of esters is 3. The number of ether oxygens (including phenoxy) is 3. The average molecular weight is 1540 g/mol. The fourth-order valence-corrected chi connectivity index (χ4v) is 13.3. The molecule has 0 saturated heterocycles. The van der Waals surface area contributed by atoms with Gasteiger partial charge in [-0.3, -0.25) is 32.5 Å². The van der Waals surface area contributed by atoms with Gasteiger partial charge in [0.2, 0.25) is 0 Å². The Hall–Kier alpha value is -4.05. The van der Waals surface area contributed by atoms with Gasteiger partial charge in [0.25, 0.3) is 0 Å². The summed E-state index contributed by atoms with van der Waals surface area (Å²) in [6.45, 7) is 2.55. The van der Waals surface area contributed by atoms with Gasteiger partial charge in [0.1, 0.15) is 25.4 Å². The van der Waals surface area contributed by atoms with Gasteiger partial charge in [-0.15, -0.1) is 0 Å². The van der Waals surface area contributed by atoms with Crippen LogP contribution in [0.3, 0.4) is 0 Å². The van der Waals surface area contributed by atoms with Crippen molar-refractivity contribution >= 4 is 33.6 Å². The predicted molar refractivity (Wildman–Crippen MR) is 445 cm³/mol. The van der Waals surface area contributed by atoms with Crippen LogP contribution in [-0.2, 0) is 55.8 Å². The van der Waals surface area contributed by atoms with E-state index in [1.165, 1.54) is 180 Å². The summed E-state index contributed by atoms with van der Waals surface area (Å²) >= 11 is 0. The zero-order valence-electron chi connectivity index (χ0n) is 67.8. The molecule has 0 bridgehead atoms. The Kier molecular flexibility index (Phi) is 78.4. The molecule has 0 heterocycles. The van der Waals surface area contributed by atoms with Gasteiger partial charge in [0.05, 0.1) is 26.4 Å². The SMILES string of the molecule is CC/C=C\C/C=C\C/C=C\C/C=C\C/C=C\C/C=C\CCCCCCC(=O)OCC(COP(=O)(O)OCC(O)COP(=O)(O)OCC(O)COC(=O)CCCCCCCCCCCCCCCCCCCCC/C=C\C/C=C\C/C=C\C/C=C\CCCCC)OC(=O)CCCCCCCCCCCCCCC. The molecular formula is C89H156O16P2. The van der Waals surface area contributed by atoms with Crippen molar-refractivity contribution in [1.29, 1.82) is 0 Å². The van der Waals surface area contributed by atoms with Crippen molar-refractivity contribution in [3.63, 3.8) is 0 Å². The minimum Gasteiger partial charge on any atom is -0.463 e. The number of allylic oxidation sites excluding steroid dienone is 20. The van der Waals surface area contributed by atoms with E-state index in [9.17, 15) is 43.5 Å². The summed E-state index contributed by atoms with van der Waals surface area (Å²) in [5.41, 5.74) is 0. The minimum atomic E-state index is -4.93. The molecule has 0 aromatic heterocycles. The van der Waals surface area contributed by atoms with Crippen LogP contribution in [-0.4, -0.2) is 95.9 Å². The molecular weight excluding hydrogens is 1390 g/mol. The van der Waals surface area contributed by atoms with Gasteiger partial charge in [-0.1, -0.05) is 354 Å². The van der Waals surface area contributed by atoms with Crippen LogP contribution in [0.15, 0.2) is 122 Å². The molecule has 0 aromatic rings. The summed E-state index contributed by atoms with van der Waals surface area (Å²) < 4.78 is 61.2. The summed E-state index contributed by atoms with van der Waals surface area (Å²) in [7, 11) is -9.79. The van der Waals surface area contributed by atoms with Crippen LogP contribution in [0.25, 0.3) is 0 Å². The first kappa shape index (κ1) is 103. The van der Waals surface area contributed by atoms with E-state index < -0.39 is 91.5 Å².